The van der Waals surface area contributed by atoms with E-state index in [4.69, 9.17) is 4.74 Å². The molecule has 2 aliphatic heterocycles. The highest BCUT2D eigenvalue weighted by molar-refractivity contribution is 5.80. The van der Waals surface area contributed by atoms with Crippen LogP contribution in [0, 0.1) is 11.7 Å². The second kappa shape index (κ2) is 8.05. The fourth-order valence-corrected chi connectivity index (χ4v) is 4.06. The Labute approximate surface area is 158 Å². The summed E-state index contributed by atoms with van der Waals surface area (Å²) >= 11 is 0. The molecule has 0 saturated carbocycles. The molecule has 1 amide bonds. The lowest BCUT2D eigenvalue weighted by Crippen LogP contribution is -2.49. The van der Waals surface area contributed by atoms with Crippen molar-refractivity contribution in [2.45, 2.75) is 31.4 Å². The lowest BCUT2D eigenvalue weighted by Gasteiger charge is -2.35. The fraction of sp³-hybridized carbons (Fsp3) is 0.429. The minimum Gasteiger partial charge on any atom is -0.373 e. The number of benzene rings is 1. The summed E-state index contributed by atoms with van der Waals surface area (Å²) in [6, 6.07) is 10.6. The topological polar surface area (TPSA) is 54.5 Å². The molecule has 0 bridgehead atoms. The van der Waals surface area contributed by atoms with Gasteiger partial charge in [-0.25, -0.2) is 4.39 Å². The van der Waals surface area contributed by atoms with Crippen molar-refractivity contribution in [1.82, 2.24) is 10.3 Å². The molecule has 4 rings (SSSR count). The summed E-state index contributed by atoms with van der Waals surface area (Å²) in [6.45, 7) is 2.00. The van der Waals surface area contributed by atoms with E-state index in [1.807, 2.05) is 23.1 Å². The number of pyridine rings is 1. The van der Waals surface area contributed by atoms with Gasteiger partial charge >= 0.3 is 0 Å². The number of carbonyl (C=O) groups excluding carboxylic acids is 1. The lowest BCUT2D eigenvalue weighted by atomic mass is 9.94. The van der Waals surface area contributed by atoms with Crippen molar-refractivity contribution in [2.75, 3.05) is 24.6 Å². The van der Waals surface area contributed by atoms with Crippen LogP contribution >= 0.6 is 0 Å². The molecule has 6 heteroatoms. The van der Waals surface area contributed by atoms with Crippen molar-refractivity contribution >= 4 is 11.6 Å². The largest absolute Gasteiger partial charge is 0.373 e. The molecule has 2 aliphatic rings. The number of nitrogens with one attached hydrogen (secondary N) is 1. The number of anilines is 1. The zero-order valence-corrected chi connectivity index (χ0v) is 15.2. The third kappa shape index (κ3) is 3.95. The van der Waals surface area contributed by atoms with Crippen LogP contribution in [0.3, 0.4) is 0 Å². The van der Waals surface area contributed by atoms with Crippen LogP contribution in [-0.4, -0.2) is 36.6 Å². The predicted octanol–water partition coefficient (Wildman–Crippen LogP) is 3.08. The van der Waals surface area contributed by atoms with Gasteiger partial charge in [-0.1, -0.05) is 18.2 Å². The van der Waals surface area contributed by atoms with Crippen LogP contribution in [-0.2, 0) is 9.53 Å². The summed E-state index contributed by atoms with van der Waals surface area (Å²) in [5, 5.41) is 3.18. The SMILES string of the molecule is O=C(NC1CCCN(c2ccccc2F)C1)[C@H]1CCO[C@@H]1c1cccnc1. The third-order valence-electron chi connectivity index (χ3n) is 5.40. The molecule has 2 aromatic rings. The quantitative estimate of drug-likeness (QED) is 0.900. The van der Waals surface area contributed by atoms with Gasteiger partial charge < -0.3 is 15.0 Å². The summed E-state index contributed by atoms with van der Waals surface area (Å²) < 4.78 is 19.9. The van der Waals surface area contributed by atoms with E-state index in [1.54, 1.807) is 24.5 Å². The van der Waals surface area contributed by atoms with E-state index >= 15 is 0 Å². The molecule has 3 heterocycles. The Kier molecular flexibility index (Phi) is 5.34. The van der Waals surface area contributed by atoms with E-state index in [9.17, 15) is 9.18 Å². The molecule has 0 radical (unpaired) electrons. The predicted molar refractivity (Wildman–Crippen MR) is 101 cm³/mol. The zero-order valence-electron chi connectivity index (χ0n) is 15.2. The second-order valence-corrected chi connectivity index (χ2v) is 7.22. The molecule has 0 spiro atoms. The number of ether oxygens (including phenoxy) is 1. The van der Waals surface area contributed by atoms with Crippen LogP contribution in [0.4, 0.5) is 10.1 Å². The first kappa shape index (κ1) is 17.9. The number of nitrogens with zero attached hydrogens (tertiary/aromatic N) is 2. The van der Waals surface area contributed by atoms with E-state index < -0.39 is 0 Å². The first-order chi connectivity index (χ1) is 13.2. The minimum atomic E-state index is -0.245. The Bertz CT molecular complexity index is 786. The monoisotopic (exact) mass is 369 g/mol. The van der Waals surface area contributed by atoms with Gasteiger partial charge in [-0.15, -0.1) is 0 Å². The van der Waals surface area contributed by atoms with E-state index in [0.29, 0.717) is 25.3 Å². The van der Waals surface area contributed by atoms with Crippen molar-refractivity contribution in [3.05, 3.63) is 60.2 Å². The van der Waals surface area contributed by atoms with Gasteiger partial charge in [0.25, 0.3) is 0 Å². The Balaban J connectivity index is 1.41. The molecule has 5 nitrogen and oxygen atoms in total. The molecule has 1 unspecified atom stereocenters. The van der Waals surface area contributed by atoms with Gasteiger partial charge in [0, 0.05) is 38.1 Å². The fourth-order valence-electron chi connectivity index (χ4n) is 4.06. The minimum absolute atomic E-state index is 0.0148. The van der Waals surface area contributed by atoms with E-state index in [0.717, 1.165) is 24.9 Å². The van der Waals surface area contributed by atoms with Gasteiger partial charge in [0.2, 0.25) is 5.91 Å². The highest BCUT2D eigenvalue weighted by Crippen LogP contribution is 2.34. The van der Waals surface area contributed by atoms with Gasteiger partial charge in [0.1, 0.15) is 5.82 Å². The molecule has 2 fully saturated rings. The number of para-hydroxylation sites is 1. The maximum Gasteiger partial charge on any atom is 0.226 e. The van der Waals surface area contributed by atoms with Crippen LogP contribution < -0.4 is 10.2 Å². The average Bonchev–Trinajstić information content (AvgIpc) is 3.19. The van der Waals surface area contributed by atoms with Crippen molar-refractivity contribution in [3.8, 4) is 0 Å². The van der Waals surface area contributed by atoms with E-state index in [-0.39, 0.29) is 29.8 Å². The number of rotatable bonds is 4. The molecule has 1 aromatic heterocycles. The van der Waals surface area contributed by atoms with Gasteiger partial charge in [-0.2, -0.15) is 0 Å². The normalized spacial score (nSPS) is 25.4. The average molecular weight is 369 g/mol. The number of hydrogen-bond donors (Lipinski definition) is 1. The first-order valence-corrected chi connectivity index (χ1v) is 9.54. The van der Waals surface area contributed by atoms with Crippen molar-refractivity contribution < 1.29 is 13.9 Å². The molecule has 3 atom stereocenters. The molecule has 142 valence electrons. The Hall–Kier alpha value is -2.47. The number of aromatic nitrogens is 1. The summed E-state index contributed by atoms with van der Waals surface area (Å²) in [4.78, 5) is 19.1. The molecule has 2 saturated heterocycles. The highest BCUT2D eigenvalue weighted by atomic mass is 19.1. The molecular weight excluding hydrogens is 345 g/mol. The standard InChI is InChI=1S/C21H24FN3O2/c22-18-7-1-2-8-19(18)25-11-4-6-16(14-25)24-21(26)17-9-12-27-20(17)15-5-3-10-23-13-15/h1-3,5,7-8,10,13,16-17,20H,4,6,9,11-12,14H2,(H,24,26)/t16?,17-,20+/m0/s1. The van der Waals surface area contributed by atoms with Gasteiger partial charge in [-0.3, -0.25) is 9.78 Å². The third-order valence-corrected chi connectivity index (χ3v) is 5.40. The molecular formula is C21H24FN3O2. The van der Waals surface area contributed by atoms with Gasteiger partial charge in [0.15, 0.2) is 0 Å². The van der Waals surface area contributed by atoms with E-state index in [1.165, 1.54) is 6.07 Å². The van der Waals surface area contributed by atoms with Crippen molar-refractivity contribution in [3.63, 3.8) is 0 Å². The van der Waals surface area contributed by atoms with Crippen LogP contribution in [0.2, 0.25) is 0 Å². The first-order valence-electron chi connectivity index (χ1n) is 9.54. The van der Waals surface area contributed by atoms with Crippen LogP contribution in [0.5, 0.6) is 0 Å². The number of piperidine rings is 1. The molecule has 1 aromatic carbocycles. The molecule has 0 aliphatic carbocycles. The van der Waals surface area contributed by atoms with E-state index in [2.05, 4.69) is 10.3 Å². The number of halogens is 1. The summed E-state index contributed by atoms with van der Waals surface area (Å²) in [5.74, 6) is -0.412. The number of amides is 1. The van der Waals surface area contributed by atoms with Gasteiger partial charge in [0.05, 0.1) is 17.7 Å². The zero-order chi connectivity index (χ0) is 18.6. The highest BCUT2D eigenvalue weighted by Gasteiger charge is 2.36. The second-order valence-electron chi connectivity index (χ2n) is 7.22. The van der Waals surface area contributed by atoms with Crippen molar-refractivity contribution in [2.24, 2.45) is 5.92 Å². The maximum absolute atomic E-state index is 14.1. The van der Waals surface area contributed by atoms with Crippen LogP contribution in [0.15, 0.2) is 48.8 Å². The Morgan fingerprint density at radius 3 is 2.93 bits per heavy atom. The number of carbonyl (C=O) groups is 1. The smallest absolute Gasteiger partial charge is 0.226 e. The Morgan fingerprint density at radius 2 is 2.11 bits per heavy atom. The molecule has 1 N–H and O–H groups in total. The summed E-state index contributed by atoms with van der Waals surface area (Å²) in [5.41, 5.74) is 1.54. The van der Waals surface area contributed by atoms with Crippen LogP contribution in [0.25, 0.3) is 0 Å². The summed E-state index contributed by atoms with van der Waals surface area (Å²) in [6.07, 6.45) is 5.76. The number of hydrogen-bond acceptors (Lipinski definition) is 4. The Morgan fingerprint density at radius 1 is 1.22 bits per heavy atom. The molecule has 27 heavy (non-hydrogen) atoms. The maximum atomic E-state index is 14.1. The van der Waals surface area contributed by atoms with Crippen molar-refractivity contribution in [1.29, 1.82) is 0 Å². The summed E-state index contributed by atoms with van der Waals surface area (Å²) in [7, 11) is 0. The van der Waals surface area contributed by atoms with Crippen LogP contribution in [0.1, 0.15) is 30.9 Å². The van der Waals surface area contributed by atoms with Gasteiger partial charge in [-0.05, 0) is 43.0 Å². The lowest BCUT2D eigenvalue weighted by molar-refractivity contribution is -0.127.